The average Bonchev–Trinajstić information content (AvgIpc) is 2.83. The summed E-state index contributed by atoms with van der Waals surface area (Å²) in [5, 5.41) is 2.07. The van der Waals surface area contributed by atoms with Crippen LogP contribution in [0.15, 0.2) is 15.9 Å². The molecule has 3 unspecified atom stereocenters. The second kappa shape index (κ2) is 6.09. The highest BCUT2D eigenvalue weighted by Crippen LogP contribution is 2.43. The van der Waals surface area contributed by atoms with Crippen molar-refractivity contribution in [1.29, 1.82) is 0 Å². The van der Waals surface area contributed by atoms with Gasteiger partial charge in [0.15, 0.2) is 0 Å². The van der Waals surface area contributed by atoms with Crippen molar-refractivity contribution in [1.82, 2.24) is 0 Å². The summed E-state index contributed by atoms with van der Waals surface area (Å²) in [4.78, 5) is 13.7. The van der Waals surface area contributed by atoms with Gasteiger partial charge in [-0.2, -0.15) is 0 Å². The summed E-state index contributed by atoms with van der Waals surface area (Å²) < 4.78 is 1.11. The molecule has 0 bridgehead atoms. The van der Waals surface area contributed by atoms with E-state index in [9.17, 15) is 4.79 Å². The second-order valence-electron chi connectivity index (χ2n) is 6.19. The SMILES string of the molecule is O=C(Cc1cc(Br)cs1)C1CCC2CCCCC2C1. The Balaban J connectivity index is 1.58. The number of carbonyl (C=O) groups is 1. The molecule has 104 valence electrons. The van der Waals surface area contributed by atoms with Gasteiger partial charge in [0.25, 0.3) is 0 Å². The van der Waals surface area contributed by atoms with Crippen molar-refractivity contribution in [3.8, 4) is 0 Å². The standard InChI is InChI=1S/C16H21BrOS/c17-14-8-15(19-10-14)9-16(18)13-6-5-11-3-1-2-4-12(11)7-13/h8,10-13H,1-7,9H2. The van der Waals surface area contributed by atoms with Crippen LogP contribution in [-0.2, 0) is 11.2 Å². The Bertz CT molecular complexity index is 453. The van der Waals surface area contributed by atoms with E-state index in [1.165, 1.54) is 43.4 Å². The Kier molecular flexibility index (Phi) is 4.43. The predicted molar refractivity (Wildman–Crippen MR) is 83.5 cm³/mol. The van der Waals surface area contributed by atoms with Crippen molar-refractivity contribution >= 4 is 33.0 Å². The summed E-state index contributed by atoms with van der Waals surface area (Å²) in [5.41, 5.74) is 0. The molecule has 1 aromatic rings. The van der Waals surface area contributed by atoms with Crippen LogP contribution in [0.2, 0.25) is 0 Å². The van der Waals surface area contributed by atoms with Crippen LogP contribution in [0.4, 0.5) is 0 Å². The highest BCUT2D eigenvalue weighted by atomic mass is 79.9. The van der Waals surface area contributed by atoms with Crippen molar-refractivity contribution in [3.05, 3.63) is 20.8 Å². The van der Waals surface area contributed by atoms with E-state index in [1.807, 2.05) is 0 Å². The van der Waals surface area contributed by atoms with E-state index >= 15 is 0 Å². The first-order valence-corrected chi connectivity index (χ1v) is 9.15. The van der Waals surface area contributed by atoms with Crippen molar-refractivity contribution in [3.63, 3.8) is 0 Å². The van der Waals surface area contributed by atoms with Crippen LogP contribution in [0.25, 0.3) is 0 Å². The highest BCUT2D eigenvalue weighted by molar-refractivity contribution is 9.10. The number of carbonyl (C=O) groups excluding carboxylic acids is 1. The molecule has 2 saturated carbocycles. The minimum atomic E-state index is 0.347. The molecule has 2 aliphatic rings. The Hall–Kier alpha value is -0.150. The molecular formula is C16H21BrOS. The molecule has 0 amide bonds. The third-order valence-corrected chi connectivity index (χ3v) is 6.66. The van der Waals surface area contributed by atoms with Gasteiger partial charge in [-0.05, 0) is 53.1 Å². The number of fused-ring (bicyclic) bond motifs is 1. The molecule has 0 aliphatic heterocycles. The predicted octanol–water partition coefficient (Wildman–Crippen LogP) is 5.23. The molecule has 1 heterocycles. The van der Waals surface area contributed by atoms with Gasteiger partial charge in [-0.3, -0.25) is 4.79 Å². The van der Waals surface area contributed by atoms with E-state index in [0.29, 0.717) is 18.1 Å². The molecule has 0 saturated heterocycles. The molecule has 2 fully saturated rings. The van der Waals surface area contributed by atoms with Gasteiger partial charge in [0, 0.05) is 27.1 Å². The smallest absolute Gasteiger partial charge is 0.141 e. The number of ketones is 1. The molecular weight excluding hydrogens is 320 g/mol. The zero-order valence-electron chi connectivity index (χ0n) is 11.2. The fraction of sp³-hybridized carbons (Fsp3) is 0.688. The van der Waals surface area contributed by atoms with Gasteiger partial charge in [-0.1, -0.05) is 25.7 Å². The molecule has 0 radical (unpaired) electrons. The van der Waals surface area contributed by atoms with Gasteiger partial charge in [-0.15, -0.1) is 11.3 Å². The molecule has 1 nitrogen and oxygen atoms in total. The fourth-order valence-electron chi connectivity index (χ4n) is 3.93. The molecule has 3 atom stereocenters. The van der Waals surface area contributed by atoms with Gasteiger partial charge >= 0.3 is 0 Å². The van der Waals surface area contributed by atoms with Crippen LogP contribution in [-0.4, -0.2) is 5.78 Å². The molecule has 19 heavy (non-hydrogen) atoms. The first kappa shape index (κ1) is 13.8. The summed E-state index contributed by atoms with van der Waals surface area (Å²) in [6, 6.07) is 2.09. The summed E-state index contributed by atoms with van der Waals surface area (Å²) in [7, 11) is 0. The number of Topliss-reactive ketones (excluding diaryl/α,β-unsaturated/α-hetero) is 1. The topological polar surface area (TPSA) is 17.1 Å². The van der Waals surface area contributed by atoms with Crippen LogP contribution in [0.1, 0.15) is 49.8 Å². The highest BCUT2D eigenvalue weighted by Gasteiger charge is 2.34. The summed E-state index contributed by atoms with van der Waals surface area (Å²) in [6.07, 6.45) is 9.88. The molecule has 1 aromatic heterocycles. The van der Waals surface area contributed by atoms with Crippen molar-refractivity contribution in [2.75, 3.05) is 0 Å². The zero-order chi connectivity index (χ0) is 13.2. The first-order chi connectivity index (χ1) is 9.22. The summed E-state index contributed by atoms with van der Waals surface area (Å²) >= 11 is 5.16. The Morgan fingerprint density at radius 3 is 2.74 bits per heavy atom. The maximum absolute atomic E-state index is 12.4. The van der Waals surface area contributed by atoms with Gasteiger partial charge < -0.3 is 0 Å². The molecule has 0 N–H and O–H groups in total. The Morgan fingerprint density at radius 1 is 1.21 bits per heavy atom. The van der Waals surface area contributed by atoms with E-state index < -0.39 is 0 Å². The van der Waals surface area contributed by atoms with Gasteiger partial charge in [0.1, 0.15) is 5.78 Å². The number of halogens is 1. The minimum absolute atomic E-state index is 0.347. The van der Waals surface area contributed by atoms with E-state index in [2.05, 4.69) is 27.4 Å². The Labute approximate surface area is 127 Å². The molecule has 0 spiro atoms. The first-order valence-electron chi connectivity index (χ1n) is 7.48. The lowest BCUT2D eigenvalue weighted by Gasteiger charge is -2.38. The number of hydrogen-bond donors (Lipinski definition) is 0. The lowest BCUT2D eigenvalue weighted by molar-refractivity contribution is -0.124. The van der Waals surface area contributed by atoms with E-state index in [-0.39, 0.29) is 0 Å². The third-order valence-electron chi connectivity index (χ3n) is 4.97. The maximum Gasteiger partial charge on any atom is 0.141 e. The van der Waals surface area contributed by atoms with Crippen LogP contribution < -0.4 is 0 Å². The van der Waals surface area contributed by atoms with Crippen LogP contribution in [0.3, 0.4) is 0 Å². The van der Waals surface area contributed by atoms with Gasteiger partial charge in [0.05, 0.1) is 0 Å². The van der Waals surface area contributed by atoms with Crippen molar-refractivity contribution in [2.45, 2.75) is 51.4 Å². The Morgan fingerprint density at radius 2 is 2.00 bits per heavy atom. The largest absolute Gasteiger partial charge is 0.299 e. The summed E-state index contributed by atoms with van der Waals surface area (Å²) in [5.74, 6) is 2.62. The molecule has 2 aliphatic carbocycles. The zero-order valence-corrected chi connectivity index (χ0v) is 13.6. The lowest BCUT2D eigenvalue weighted by atomic mass is 9.66. The monoisotopic (exact) mass is 340 g/mol. The lowest BCUT2D eigenvalue weighted by Crippen LogP contribution is -2.31. The maximum atomic E-state index is 12.4. The van der Waals surface area contributed by atoms with E-state index in [4.69, 9.17) is 0 Å². The van der Waals surface area contributed by atoms with Crippen LogP contribution in [0.5, 0.6) is 0 Å². The molecule has 0 aromatic carbocycles. The van der Waals surface area contributed by atoms with Gasteiger partial charge in [-0.25, -0.2) is 0 Å². The van der Waals surface area contributed by atoms with Crippen LogP contribution in [0, 0.1) is 17.8 Å². The van der Waals surface area contributed by atoms with Crippen molar-refractivity contribution < 1.29 is 4.79 Å². The number of thiophene rings is 1. The molecule has 3 heteroatoms. The summed E-state index contributed by atoms with van der Waals surface area (Å²) in [6.45, 7) is 0. The van der Waals surface area contributed by atoms with E-state index in [1.54, 1.807) is 11.3 Å². The number of hydrogen-bond acceptors (Lipinski definition) is 2. The van der Waals surface area contributed by atoms with Crippen molar-refractivity contribution in [2.24, 2.45) is 17.8 Å². The normalized spacial score (nSPS) is 30.9. The average molecular weight is 341 g/mol. The fourth-order valence-corrected chi connectivity index (χ4v) is 5.39. The third kappa shape index (κ3) is 3.30. The van der Waals surface area contributed by atoms with Crippen LogP contribution >= 0.6 is 27.3 Å². The molecule has 3 rings (SSSR count). The minimum Gasteiger partial charge on any atom is -0.299 e. The quantitative estimate of drug-likeness (QED) is 0.736. The van der Waals surface area contributed by atoms with Gasteiger partial charge in [0.2, 0.25) is 0 Å². The second-order valence-corrected chi connectivity index (χ2v) is 8.10. The number of rotatable bonds is 3. The van der Waals surface area contributed by atoms with E-state index in [0.717, 1.165) is 22.7 Å².